The van der Waals surface area contributed by atoms with E-state index in [2.05, 4.69) is 4.99 Å². The molecule has 0 radical (unpaired) electrons. The first-order valence-electron chi connectivity index (χ1n) is 4.01. The lowest BCUT2D eigenvalue weighted by atomic mass is 10.2. The molecule has 1 aliphatic heterocycles. The Balaban J connectivity index is 2.67. The van der Waals surface area contributed by atoms with E-state index in [0.717, 1.165) is 13.1 Å². The van der Waals surface area contributed by atoms with E-state index >= 15 is 0 Å². The van der Waals surface area contributed by atoms with Crippen molar-refractivity contribution in [1.82, 2.24) is 4.90 Å². The van der Waals surface area contributed by atoms with Crippen molar-refractivity contribution in [2.45, 2.75) is 13.8 Å². The Hall–Kier alpha value is -1.12. The van der Waals surface area contributed by atoms with Crippen LogP contribution in [0.3, 0.4) is 0 Å². The number of hydrogen-bond donors (Lipinski definition) is 0. The fourth-order valence-electron chi connectivity index (χ4n) is 1.31. The summed E-state index contributed by atoms with van der Waals surface area (Å²) in [5, 5.41) is 0. The molecule has 1 rings (SSSR count). The highest BCUT2D eigenvalue weighted by molar-refractivity contribution is 5.84. The molecule has 1 heterocycles. The van der Waals surface area contributed by atoms with Crippen molar-refractivity contribution in [2.24, 2.45) is 4.99 Å². The van der Waals surface area contributed by atoms with E-state index in [4.69, 9.17) is 0 Å². The zero-order chi connectivity index (χ0) is 9.14. The molecule has 0 saturated heterocycles. The van der Waals surface area contributed by atoms with Gasteiger partial charge in [0.15, 0.2) is 0 Å². The monoisotopic (exact) mass is 166 g/mol. The number of carbonyl (C=O) groups excluding carboxylic acids is 1. The molecule has 3 nitrogen and oxygen atoms in total. The molecule has 0 bridgehead atoms. The second kappa shape index (κ2) is 3.52. The summed E-state index contributed by atoms with van der Waals surface area (Å²) in [4.78, 5) is 16.7. The highest BCUT2D eigenvalue weighted by Crippen LogP contribution is 2.14. The van der Waals surface area contributed by atoms with Crippen molar-refractivity contribution in [1.29, 1.82) is 0 Å². The fraction of sp³-hybridized carbons (Fsp3) is 0.556. The predicted molar refractivity (Wildman–Crippen MR) is 49.4 cm³/mol. The second-order valence-corrected chi connectivity index (χ2v) is 3.07. The van der Waals surface area contributed by atoms with E-state index < -0.39 is 0 Å². The lowest BCUT2D eigenvalue weighted by molar-refractivity contribution is -0.127. The number of aliphatic imine (C=N–C) groups is 1. The van der Waals surface area contributed by atoms with Gasteiger partial charge < -0.3 is 4.90 Å². The van der Waals surface area contributed by atoms with Gasteiger partial charge in [-0.1, -0.05) is 0 Å². The summed E-state index contributed by atoms with van der Waals surface area (Å²) in [5.74, 6) is 0.133. The maximum Gasteiger partial charge on any atom is 0.220 e. The van der Waals surface area contributed by atoms with E-state index in [0.29, 0.717) is 0 Å². The molecule has 0 aliphatic carbocycles. The van der Waals surface area contributed by atoms with Crippen LogP contribution in [0.25, 0.3) is 0 Å². The zero-order valence-corrected chi connectivity index (χ0v) is 7.79. The van der Waals surface area contributed by atoms with Crippen LogP contribution in [0.1, 0.15) is 13.8 Å². The van der Waals surface area contributed by atoms with Gasteiger partial charge in [-0.05, 0) is 18.1 Å². The molecule has 0 unspecified atom stereocenters. The lowest BCUT2D eigenvalue weighted by Gasteiger charge is -2.12. The van der Waals surface area contributed by atoms with Gasteiger partial charge in [-0.2, -0.15) is 0 Å². The quantitative estimate of drug-likeness (QED) is 0.532. The molecule has 0 aromatic rings. The molecule has 0 aromatic carbocycles. The largest absolute Gasteiger partial charge is 0.335 e. The number of nitrogens with zero attached hydrogens (tertiary/aromatic N) is 2. The SMILES string of the molecule is CN=CC1=C(C)CN(C(C)=O)C1. The molecule has 0 atom stereocenters. The molecule has 0 fully saturated rings. The van der Waals surface area contributed by atoms with E-state index in [1.165, 1.54) is 11.1 Å². The van der Waals surface area contributed by atoms with Gasteiger partial charge in [-0.3, -0.25) is 9.79 Å². The van der Waals surface area contributed by atoms with Crippen LogP contribution in [-0.2, 0) is 4.79 Å². The Bertz CT molecular complexity index is 253. The first-order chi connectivity index (χ1) is 5.65. The molecule has 1 aliphatic rings. The van der Waals surface area contributed by atoms with Gasteiger partial charge in [-0.15, -0.1) is 0 Å². The maximum absolute atomic E-state index is 11.0. The summed E-state index contributed by atoms with van der Waals surface area (Å²) < 4.78 is 0. The van der Waals surface area contributed by atoms with Crippen LogP contribution in [0.15, 0.2) is 16.1 Å². The molecule has 0 N–H and O–H groups in total. The smallest absolute Gasteiger partial charge is 0.220 e. The molecule has 0 spiro atoms. The molecule has 0 aromatic heterocycles. The molecule has 66 valence electrons. The zero-order valence-electron chi connectivity index (χ0n) is 7.79. The topological polar surface area (TPSA) is 32.7 Å². The molecule has 1 amide bonds. The minimum absolute atomic E-state index is 0.133. The van der Waals surface area contributed by atoms with Gasteiger partial charge in [0.1, 0.15) is 0 Å². The Kier molecular flexibility index (Phi) is 2.63. The van der Waals surface area contributed by atoms with Crippen LogP contribution in [0, 0.1) is 0 Å². The minimum atomic E-state index is 0.133. The van der Waals surface area contributed by atoms with Crippen molar-refractivity contribution in [3.63, 3.8) is 0 Å². The normalized spacial score (nSPS) is 18.1. The maximum atomic E-state index is 11.0. The highest BCUT2D eigenvalue weighted by Gasteiger charge is 2.19. The van der Waals surface area contributed by atoms with Gasteiger partial charge in [0.2, 0.25) is 5.91 Å². The standard InChI is InChI=1S/C9H14N2O/c1-7-5-11(8(2)12)6-9(7)4-10-3/h4H,5-6H2,1-3H3. The van der Waals surface area contributed by atoms with Crippen molar-refractivity contribution in [3.05, 3.63) is 11.1 Å². The summed E-state index contributed by atoms with van der Waals surface area (Å²) in [5.41, 5.74) is 2.42. The Morgan fingerprint density at radius 1 is 1.58 bits per heavy atom. The second-order valence-electron chi connectivity index (χ2n) is 3.07. The average Bonchev–Trinajstić information content (AvgIpc) is 2.34. The van der Waals surface area contributed by atoms with Crippen LogP contribution in [-0.4, -0.2) is 37.2 Å². The van der Waals surface area contributed by atoms with Crippen LogP contribution in [0.2, 0.25) is 0 Å². The minimum Gasteiger partial charge on any atom is -0.335 e. The third-order valence-electron chi connectivity index (χ3n) is 2.07. The van der Waals surface area contributed by atoms with Crippen molar-refractivity contribution >= 4 is 12.1 Å². The summed E-state index contributed by atoms with van der Waals surface area (Å²) in [7, 11) is 1.75. The molecular weight excluding hydrogens is 152 g/mol. The van der Waals surface area contributed by atoms with Gasteiger partial charge in [0, 0.05) is 33.3 Å². The number of carbonyl (C=O) groups is 1. The number of rotatable bonds is 1. The first kappa shape index (κ1) is 8.97. The first-order valence-corrected chi connectivity index (χ1v) is 4.01. The van der Waals surface area contributed by atoms with E-state index in [9.17, 15) is 4.79 Å². The van der Waals surface area contributed by atoms with Crippen LogP contribution in [0.5, 0.6) is 0 Å². The predicted octanol–water partition coefficient (Wildman–Crippen LogP) is 0.866. The fourth-order valence-corrected chi connectivity index (χ4v) is 1.31. The Labute approximate surface area is 72.8 Å². The van der Waals surface area contributed by atoms with Gasteiger partial charge >= 0.3 is 0 Å². The highest BCUT2D eigenvalue weighted by atomic mass is 16.2. The van der Waals surface area contributed by atoms with Gasteiger partial charge in [0.25, 0.3) is 0 Å². The molecule has 0 saturated carbocycles. The van der Waals surface area contributed by atoms with E-state index in [-0.39, 0.29) is 5.91 Å². The van der Waals surface area contributed by atoms with Crippen LogP contribution in [0.4, 0.5) is 0 Å². The summed E-state index contributed by atoms with van der Waals surface area (Å²) in [6, 6.07) is 0. The molecule has 3 heteroatoms. The Morgan fingerprint density at radius 2 is 2.25 bits per heavy atom. The van der Waals surface area contributed by atoms with E-state index in [1.54, 1.807) is 14.0 Å². The summed E-state index contributed by atoms with van der Waals surface area (Å²) in [6.45, 7) is 5.12. The summed E-state index contributed by atoms with van der Waals surface area (Å²) in [6.07, 6.45) is 1.83. The van der Waals surface area contributed by atoms with Gasteiger partial charge in [0.05, 0.1) is 0 Å². The average molecular weight is 166 g/mol. The summed E-state index contributed by atoms with van der Waals surface area (Å²) >= 11 is 0. The number of hydrogen-bond acceptors (Lipinski definition) is 2. The van der Waals surface area contributed by atoms with Gasteiger partial charge in [-0.25, -0.2) is 0 Å². The van der Waals surface area contributed by atoms with Crippen LogP contribution >= 0.6 is 0 Å². The third kappa shape index (κ3) is 1.72. The van der Waals surface area contributed by atoms with Crippen LogP contribution < -0.4 is 0 Å². The van der Waals surface area contributed by atoms with E-state index in [1.807, 2.05) is 18.0 Å². The molecular formula is C9H14N2O. The van der Waals surface area contributed by atoms with Crippen molar-refractivity contribution in [3.8, 4) is 0 Å². The lowest BCUT2D eigenvalue weighted by Crippen LogP contribution is -2.26. The van der Waals surface area contributed by atoms with Crippen molar-refractivity contribution < 1.29 is 4.79 Å². The van der Waals surface area contributed by atoms with Crippen molar-refractivity contribution in [2.75, 3.05) is 20.1 Å². The molecule has 12 heavy (non-hydrogen) atoms. The Morgan fingerprint density at radius 3 is 2.67 bits per heavy atom. The third-order valence-corrected chi connectivity index (χ3v) is 2.07. The number of amides is 1.